The number of aryl methyl sites for hydroxylation is 1. The molecule has 0 aliphatic carbocycles. The van der Waals surface area contributed by atoms with E-state index in [0.717, 1.165) is 5.56 Å². The van der Waals surface area contributed by atoms with Crippen LogP contribution in [-0.2, 0) is 20.7 Å². The third-order valence-corrected chi connectivity index (χ3v) is 2.84. The van der Waals surface area contributed by atoms with Crippen molar-refractivity contribution in [3.8, 4) is 0 Å². The number of methoxy groups -OCH3 is 1. The van der Waals surface area contributed by atoms with Crippen LogP contribution in [0.4, 0.5) is 0 Å². The van der Waals surface area contributed by atoms with Crippen molar-refractivity contribution < 1.29 is 24.2 Å². The number of benzene rings is 1. The average Bonchev–Trinajstić information content (AvgIpc) is 2.49. The second-order valence-electron chi connectivity index (χ2n) is 4.46. The minimum atomic E-state index is -0.951. The topological polar surface area (TPSA) is 84.9 Å². The summed E-state index contributed by atoms with van der Waals surface area (Å²) in [5.41, 5.74) is 1.18. The zero-order chi connectivity index (χ0) is 15.5. The highest BCUT2D eigenvalue weighted by atomic mass is 16.5. The molecule has 0 bridgehead atoms. The van der Waals surface area contributed by atoms with Crippen LogP contribution >= 0.6 is 0 Å². The number of hydrogen-bond acceptors (Lipinski definition) is 4. The molecule has 1 aromatic carbocycles. The largest absolute Gasteiger partial charge is 0.478 e. The zero-order valence-electron chi connectivity index (χ0n) is 12.1. The van der Waals surface area contributed by atoms with Crippen molar-refractivity contribution in [3.63, 3.8) is 0 Å². The lowest BCUT2D eigenvalue weighted by atomic mass is 10.1. The Kier molecular flexibility index (Phi) is 8.08. The van der Waals surface area contributed by atoms with E-state index in [9.17, 15) is 9.59 Å². The van der Waals surface area contributed by atoms with Crippen LogP contribution in [0.25, 0.3) is 0 Å². The van der Waals surface area contributed by atoms with E-state index in [-0.39, 0.29) is 11.5 Å². The summed E-state index contributed by atoms with van der Waals surface area (Å²) < 4.78 is 10.1. The molecule has 0 aliphatic rings. The number of rotatable bonds is 10. The van der Waals surface area contributed by atoms with Gasteiger partial charge >= 0.3 is 5.97 Å². The summed E-state index contributed by atoms with van der Waals surface area (Å²) in [6.45, 7) is 1.99. The van der Waals surface area contributed by atoms with Gasteiger partial charge in [-0.25, -0.2) is 4.79 Å². The van der Waals surface area contributed by atoms with Crippen LogP contribution in [0.1, 0.15) is 22.3 Å². The van der Waals surface area contributed by atoms with Crippen LogP contribution in [0.15, 0.2) is 24.3 Å². The number of aromatic carboxylic acids is 1. The Balaban J connectivity index is 2.16. The summed E-state index contributed by atoms with van der Waals surface area (Å²) in [5.74, 6) is -1.000. The summed E-state index contributed by atoms with van der Waals surface area (Å²) in [4.78, 5) is 22.3. The molecule has 0 atom stereocenters. The zero-order valence-corrected chi connectivity index (χ0v) is 12.1. The number of carboxylic acids is 1. The standard InChI is InChI=1S/C15H21NO5/c1-20-10-11-21-9-8-16-14(17)7-4-12-2-5-13(6-3-12)15(18)19/h2-3,5-6H,4,7-11H2,1H3,(H,16,17)(H,18,19). The van der Waals surface area contributed by atoms with E-state index >= 15 is 0 Å². The molecular weight excluding hydrogens is 274 g/mol. The normalized spacial score (nSPS) is 10.3. The second kappa shape index (κ2) is 9.90. The summed E-state index contributed by atoms with van der Waals surface area (Å²) in [6.07, 6.45) is 0.945. The lowest BCUT2D eigenvalue weighted by molar-refractivity contribution is -0.121. The van der Waals surface area contributed by atoms with Gasteiger partial charge in [0, 0.05) is 20.1 Å². The van der Waals surface area contributed by atoms with Crippen molar-refractivity contribution in [1.29, 1.82) is 0 Å². The SMILES string of the molecule is COCCOCCNC(=O)CCc1ccc(C(=O)O)cc1. The third-order valence-electron chi connectivity index (χ3n) is 2.84. The number of hydrogen-bond donors (Lipinski definition) is 2. The van der Waals surface area contributed by atoms with Gasteiger partial charge in [0.15, 0.2) is 0 Å². The van der Waals surface area contributed by atoms with Crippen molar-refractivity contribution in [2.75, 3.05) is 33.5 Å². The molecule has 0 heterocycles. The van der Waals surface area contributed by atoms with Crippen LogP contribution in [0.3, 0.4) is 0 Å². The van der Waals surface area contributed by atoms with Gasteiger partial charge in [0.1, 0.15) is 0 Å². The quantitative estimate of drug-likeness (QED) is 0.631. The van der Waals surface area contributed by atoms with Crippen molar-refractivity contribution in [2.45, 2.75) is 12.8 Å². The molecule has 0 saturated carbocycles. The molecule has 6 heteroatoms. The van der Waals surface area contributed by atoms with Crippen LogP contribution in [-0.4, -0.2) is 50.5 Å². The van der Waals surface area contributed by atoms with E-state index in [2.05, 4.69) is 5.32 Å². The van der Waals surface area contributed by atoms with Crippen molar-refractivity contribution in [2.24, 2.45) is 0 Å². The maximum absolute atomic E-state index is 11.6. The predicted octanol–water partition coefficient (Wildman–Crippen LogP) is 1.10. The van der Waals surface area contributed by atoms with Gasteiger partial charge in [0.05, 0.1) is 25.4 Å². The lowest BCUT2D eigenvalue weighted by Gasteiger charge is -2.06. The number of carbonyl (C=O) groups excluding carboxylic acids is 1. The number of nitrogens with one attached hydrogen (secondary N) is 1. The highest BCUT2D eigenvalue weighted by Gasteiger charge is 2.04. The smallest absolute Gasteiger partial charge is 0.335 e. The second-order valence-corrected chi connectivity index (χ2v) is 4.46. The first kappa shape index (κ1) is 17.1. The van der Waals surface area contributed by atoms with E-state index in [1.165, 1.54) is 0 Å². The van der Waals surface area contributed by atoms with Crippen molar-refractivity contribution >= 4 is 11.9 Å². The van der Waals surface area contributed by atoms with Crippen LogP contribution in [0.2, 0.25) is 0 Å². The van der Waals surface area contributed by atoms with Gasteiger partial charge in [-0.15, -0.1) is 0 Å². The molecular formula is C15H21NO5. The van der Waals surface area contributed by atoms with Crippen molar-refractivity contribution in [3.05, 3.63) is 35.4 Å². The molecule has 1 rings (SSSR count). The fourth-order valence-corrected chi connectivity index (χ4v) is 1.67. The highest BCUT2D eigenvalue weighted by molar-refractivity contribution is 5.87. The molecule has 0 spiro atoms. The molecule has 116 valence electrons. The minimum absolute atomic E-state index is 0.0485. The maximum atomic E-state index is 11.6. The first-order chi connectivity index (χ1) is 10.1. The molecule has 6 nitrogen and oxygen atoms in total. The summed E-state index contributed by atoms with van der Waals surface area (Å²) in [7, 11) is 1.61. The molecule has 2 N–H and O–H groups in total. The molecule has 0 aromatic heterocycles. The van der Waals surface area contributed by atoms with E-state index in [4.69, 9.17) is 14.6 Å². The van der Waals surface area contributed by atoms with Gasteiger partial charge in [0.2, 0.25) is 5.91 Å². The minimum Gasteiger partial charge on any atom is -0.478 e. The highest BCUT2D eigenvalue weighted by Crippen LogP contribution is 2.06. The van der Waals surface area contributed by atoms with E-state index < -0.39 is 5.97 Å². The van der Waals surface area contributed by atoms with Crippen LogP contribution < -0.4 is 5.32 Å². The number of carboxylic acid groups (broad SMARTS) is 1. The number of amides is 1. The van der Waals surface area contributed by atoms with Gasteiger partial charge in [-0.3, -0.25) is 4.79 Å². The summed E-state index contributed by atoms with van der Waals surface area (Å²) >= 11 is 0. The van der Waals surface area contributed by atoms with E-state index in [0.29, 0.717) is 39.2 Å². The molecule has 0 aliphatic heterocycles. The molecule has 0 fully saturated rings. The number of carbonyl (C=O) groups is 2. The molecule has 0 radical (unpaired) electrons. The fraction of sp³-hybridized carbons (Fsp3) is 0.467. The fourth-order valence-electron chi connectivity index (χ4n) is 1.67. The molecule has 0 saturated heterocycles. The summed E-state index contributed by atoms with van der Waals surface area (Å²) in [6, 6.07) is 6.54. The number of ether oxygens (including phenoxy) is 2. The Morgan fingerprint density at radius 3 is 2.48 bits per heavy atom. The Bertz CT molecular complexity index is 444. The Morgan fingerprint density at radius 1 is 1.14 bits per heavy atom. The predicted molar refractivity (Wildman–Crippen MR) is 77.4 cm³/mol. The average molecular weight is 295 g/mol. The first-order valence-corrected chi connectivity index (χ1v) is 6.79. The first-order valence-electron chi connectivity index (χ1n) is 6.79. The van der Waals surface area contributed by atoms with Gasteiger partial charge in [0.25, 0.3) is 0 Å². The molecule has 1 amide bonds. The Hall–Kier alpha value is -1.92. The summed E-state index contributed by atoms with van der Waals surface area (Å²) in [5, 5.41) is 11.5. The third kappa shape index (κ3) is 7.43. The van der Waals surface area contributed by atoms with Crippen molar-refractivity contribution in [1.82, 2.24) is 5.32 Å². The van der Waals surface area contributed by atoms with E-state index in [1.54, 1.807) is 31.4 Å². The van der Waals surface area contributed by atoms with Gasteiger partial charge in [-0.05, 0) is 24.1 Å². The van der Waals surface area contributed by atoms with Gasteiger partial charge in [-0.2, -0.15) is 0 Å². The molecule has 1 aromatic rings. The monoisotopic (exact) mass is 295 g/mol. The van der Waals surface area contributed by atoms with Gasteiger partial charge in [-0.1, -0.05) is 12.1 Å². The van der Waals surface area contributed by atoms with E-state index in [1.807, 2.05) is 0 Å². The molecule has 0 unspecified atom stereocenters. The molecule has 21 heavy (non-hydrogen) atoms. The Morgan fingerprint density at radius 2 is 1.86 bits per heavy atom. The van der Waals surface area contributed by atoms with Gasteiger partial charge < -0.3 is 19.9 Å². The van der Waals surface area contributed by atoms with Crippen LogP contribution in [0, 0.1) is 0 Å². The Labute approximate surface area is 124 Å². The van der Waals surface area contributed by atoms with Crippen LogP contribution in [0.5, 0.6) is 0 Å². The lowest BCUT2D eigenvalue weighted by Crippen LogP contribution is -2.27. The maximum Gasteiger partial charge on any atom is 0.335 e.